The molecule has 0 aromatic heterocycles. The summed E-state index contributed by atoms with van der Waals surface area (Å²) in [5.41, 5.74) is 1.29. The van der Waals surface area contributed by atoms with E-state index in [0.717, 1.165) is 24.1 Å². The number of hydrogen-bond acceptors (Lipinski definition) is 4. The van der Waals surface area contributed by atoms with Crippen molar-refractivity contribution in [3.63, 3.8) is 0 Å². The first-order chi connectivity index (χ1) is 15.0. The SMILES string of the molecule is C/C(C#N)=C\C=C(/CF)N1C(=O)C(C)(C)N(c2ccc(CCCC(=O)N(C)C)cc2)C1=S. The van der Waals surface area contributed by atoms with Gasteiger partial charge in [-0.25, -0.2) is 4.39 Å². The number of aryl methyl sites for hydroxylation is 1. The van der Waals surface area contributed by atoms with Crippen molar-refractivity contribution in [3.05, 3.63) is 53.3 Å². The number of hydrogen-bond donors (Lipinski definition) is 0. The predicted molar refractivity (Wildman–Crippen MR) is 128 cm³/mol. The monoisotopic (exact) mass is 456 g/mol. The maximum atomic E-state index is 13.8. The van der Waals surface area contributed by atoms with Gasteiger partial charge in [-0.15, -0.1) is 0 Å². The fraction of sp³-hybridized carbons (Fsp3) is 0.417. The van der Waals surface area contributed by atoms with Gasteiger partial charge in [-0.3, -0.25) is 14.5 Å². The lowest BCUT2D eigenvalue weighted by Gasteiger charge is -2.29. The average molecular weight is 457 g/mol. The summed E-state index contributed by atoms with van der Waals surface area (Å²) in [5.74, 6) is -0.235. The number of alkyl halides is 1. The molecular formula is C24H29FN4O2S. The van der Waals surface area contributed by atoms with Crippen molar-refractivity contribution in [2.75, 3.05) is 25.7 Å². The van der Waals surface area contributed by atoms with E-state index >= 15 is 0 Å². The van der Waals surface area contributed by atoms with Gasteiger partial charge in [-0.2, -0.15) is 5.26 Å². The highest BCUT2D eigenvalue weighted by Crippen LogP contribution is 2.35. The molecular weight excluding hydrogens is 427 g/mol. The standard InChI is InChI=1S/C24H29FN4O2S/c1-17(16-26)9-12-20(15-25)28-22(31)24(2,3)29(23(28)32)19-13-10-18(11-14-19)7-6-8-21(30)27(4)5/h9-14H,6-8,15H2,1-5H3/b17-9+,20-12+. The van der Waals surface area contributed by atoms with Gasteiger partial charge in [0.25, 0.3) is 5.91 Å². The molecule has 1 heterocycles. The second kappa shape index (κ2) is 10.5. The summed E-state index contributed by atoms with van der Waals surface area (Å²) in [6, 6.07) is 9.63. The summed E-state index contributed by atoms with van der Waals surface area (Å²) < 4.78 is 13.8. The van der Waals surface area contributed by atoms with Crippen molar-refractivity contribution in [1.82, 2.24) is 9.80 Å². The average Bonchev–Trinajstić information content (AvgIpc) is 2.93. The first kappa shape index (κ1) is 25.2. The highest BCUT2D eigenvalue weighted by atomic mass is 32.1. The Morgan fingerprint density at radius 2 is 1.88 bits per heavy atom. The minimum atomic E-state index is -1.00. The topological polar surface area (TPSA) is 67.6 Å². The minimum absolute atomic E-state index is 0.0901. The van der Waals surface area contributed by atoms with Gasteiger partial charge in [0.05, 0.1) is 11.8 Å². The number of thiocarbonyl (C=S) groups is 1. The van der Waals surface area contributed by atoms with Crippen molar-refractivity contribution in [2.45, 2.75) is 45.6 Å². The third-order valence-corrected chi connectivity index (χ3v) is 5.71. The molecule has 1 aromatic carbocycles. The molecule has 170 valence electrons. The van der Waals surface area contributed by atoms with Gasteiger partial charge in [0, 0.05) is 31.8 Å². The van der Waals surface area contributed by atoms with Crippen LogP contribution in [0.1, 0.15) is 39.2 Å². The van der Waals surface area contributed by atoms with Crippen molar-refractivity contribution < 1.29 is 14.0 Å². The zero-order valence-corrected chi connectivity index (χ0v) is 20.0. The molecule has 8 heteroatoms. The van der Waals surface area contributed by atoms with Crippen molar-refractivity contribution >= 4 is 34.8 Å². The Bertz CT molecular complexity index is 990. The Labute approximate surface area is 194 Å². The molecule has 0 bridgehead atoms. The van der Waals surface area contributed by atoms with Crippen LogP contribution >= 0.6 is 12.2 Å². The van der Waals surface area contributed by atoms with Gasteiger partial charge in [-0.1, -0.05) is 12.1 Å². The van der Waals surface area contributed by atoms with E-state index in [1.54, 1.807) is 44.7 Å². The molecule has 1 fully saturated rings. The molecule has 0 spiro atoms. The summed E-state index contributed by atoms with van der Waals surface area (Å²) in [4.78, 5) is 29.4. The summed E-state index contributed by atoms with van der Waals surface area (Å²) in [7, 11) is 3.49. The van der Waals surface area contributed by atoms with Crippen LogP contribution in [0.25, 0.3) is 0 Å². The molecule has 2 amide bonds. The second-order valence-electron chi connectivity index (χ2n) is 8.38. The number of rotatable bonds is 8. The van der Waals surface area contributed by atoms with E-state index in [1.807, 2.05) is 30.3 Å². The third-order valence-electron chi connectivity index (χ3n) is 5.34. The van der Waals surface area contributed by atoms with E-state index in [0.29, 0.717) is 12.0 Å². The molecule has 32 heavy (non-hydrogen) atoms. The highest BCUT2D eigenvalue weighted by molar-refractivity contribution is 7.80. The van der Waals surface area contributed by atoms with Gasteiger partial charge in [-0.05, 0) is 75.7 Å². The van der Waals surface area contributed by atoms with E-state index in [4.69, 9.17) is 17.5 Å². The summed E-state index contributed by atoms with van der Waals surface area (Å²) >= 11 is 5.57. The Hall–Kier alpha value is -3.05. The number of carbonyl (C=O) groups is 2. The summed E-state index contributed by atoms with van der Waals surface area (Å²) in [6.45, 7) is 4.20. The van der Waals surface area contributed by atoms with Crippen LogP contribution in [0.15, 0.2) is 47.7 Å². The van der Waals surface area contributed by atoms with Gasteiger partial charge in [0.1, 0.15) is 12.2 Å². The molecule has 1 aliphatic rings. The lowest BCUT2D eigenvalue weighted by molar-refractivity contribution is -0.129. The number of anilines is 1. The van der Waals surface area contributed by atoms with Gasteiger partial charge >= 0.3 is 0 Å². The van der Waals surface area contributed by atoms with Gasteiger partial charge in [0.2, 0.25) is 5.91 Å². The largest absolute Gasteiger partial charge is 0.349 e. The normalized spacial score (nSPS) is 16.4. The molecule has 0 N–H and O–H groups in total. The molecule has 0 unspecified atom stereocenters. The molecule has 0 saturated carbocycles. The first-order valence-corrected chi connectivity index (χ1v) is 10.8. The van der Waals surface area contributed by atoms with Crippen molar-refractivity contribution in [2.24, 2.45) is 0 Å². The first-order valence-electron chi connectivity index (χ1n) is 10.4. The number of benzene rings is 1. The molecule has 0 radical (unpaired) electrons. The molecule has 0 aliphatic carbocycles. The number of nitrogens with zero attached hydrogens (tertiary/aromatic N) is 4. The van der Waals surface area contributed by atoms with Crippen LogP contribution in [0.4, 0.5) is 10.1 Å². The number of halogens is 1. The molecule has 0 atom stereocenters. The predicted octanol–water partition coefficient (Wildman–Crippen LogP) is 4.13. The summed E-state index contributed by atoms with van der Waals surface area (Å²) in [6.07, 6.45) is 4.88. The van der Waals surface area contributed by atoms with Crippen LogP contribution in [-0.2, 0) is 16.0 Å². The van der Waals surface area contributed by atoms with Crippen molar-refractivity contribution in [3.8, 4) is 6.07 Å². The zero-order chi connectivity index (χ0) is 24.1. The van der Waals surface area contributed by atoms with Gasteiger partial charge < -0.3 is 9.80 Å². The zero-order valence-electron chi connectivity index (χ0n) is 19.2. The van der Waals surface area contributed by atoms with E-state index < -0.39 is 12.2 Å². The lowest BCUT2D eigenvalue weighted by atomic mass is 10.0. The van der Waals surface area contributed by atoms with Crippen LogP contribution in [0.3, 0.4) is 0 Å². The van der Waals surface area contributed by atoms with Gasteiger partial charge in [0.15, 0.2) is 5.11 Å². The van der Waals surface area contributed by atoms with E-state index in [2.05, 4.69) is 0 Å². The Morgan fingerprint density at radius 1 is 1.25 bits per heavy atom. The molecule has 6 nitrogen and oxygen atoms in total. The number of allylic oxidation sites excluding steroid dienone is 4. The van der Waals surface area contributed by atoms with Crippen LogP contribution in [0.2, 0.25) is 0 Å². The van der Waals surface area contributed by atoms with Crippen LogP contribution < -0.4 is 4.90 Å². The minimum Gasteiger partial charge on any atom is -0.349 e. The Morgan fingerprint density at radius 3 is 2.41 bits per heavy atom. The smallest absolute Gasteiger partial charge is 0.258 e. The van der Waals surface area contributed by atoms with E-state index in [-0.39, 0.29) is 22.6 Å². The number of carbonyl (C=O) groups excluding carboxylic acids is 2. The molecule has 1 aliphatic heterocycles. The molecule has 1 aromatic rings. The highest BCUT2D eigenvalue weighted by Gasteiger charge is 2.50. The maximum Gasteiger partial charge on any atom is 0.258 e. The third kappa shape index (κ3) is 5.40. The maximum absolute atomic E-state index is 13.8. The Balaban J connectivity index is 2.24. The second-order valence-corrected chi connectivity index (χ2v) is 8.74. The quantitative estimate of drug-likeness (QED) is 0.334. The Kier molecular flexibility index (Phi) is 8.28. The fourth-order valence-corrected chi connectivity index (χ4v) is 3.93. The molecule has 2 rings (SSSR count). The number of amides is 2. The van der Waals surface area contributed by atoms with Crippen LogP contribution in [0, 0.1) is 11.3 Å². The van der Waals surface area contributed by atoms with Crippen LogP contribution in [0.5, 0.6) is 0 Å². The molecule has 1 saturated heterocycles. The van der Waals surface area contributed by atoms with E-state index in [1.165, 1.54) is 17.1 Å². The summed E-state index contributed by atoms with van der Waals surface area (Å²) in [5, 5.41) is 9.11. The fourth-order valence-electron chi connectivity index (χ4n) is 3.40. The number of nitriles is 1. The lowest BCUT2D eigenvalue weighted by Crippen LogP contribution is -2.44. The van der Waals surface area contributed by atoms with Crippen molar-refractivity contribution in [1.29, 1.82) is 5.26 Å². The van der Waals surface area contributed by atoms with E-state index in [9.17, 15) is 14.0 Å². The van der Waals surface area contributed by atoms with Crippen LogP contribution in [-0.4, -0.2) is 53.0 Å².